The number of nitrogens with zero attached hydrogens (tertiary/aromatic N) is 1. The van der Waals surface area contributed by atoms with Crippen LogP contribution in [0.15, 0.2) is 18.5 Å². The van der Waals surface area contributed by atoms with E-state index in [9.17, 15) is 4.79 Å². The van der Waals surface area contributed by atoms with Crippen molar-refractivity contribution in [1.29, 1.82) is 0 Å². The van der Waals surface area contributed by atoms with Gasteiger partial charge in [0, 0.05) is 38.6 Å². The van der Waals surface area contributed by atoms with E-state index in [-0.39, 0.29) is 11.9 Å². The van der Waals surface area contributed by atoms with E-state index in [0.29, 0.717) is 6.54 Å². The number of rotatable bonds is 3. The van der Waals surface area contributed by atoms with Gasteiger partial charge in [0.25, 0.3) is 0 Å². The molecular formula is C11H18N4O. The Balaban J connectivity index is 1.83. The molecule has 1 fully saturated rings. The summed E-state index contributed by atoms with van der Waals surface area (Å²) in [4.78, 5) is 17.0. The summed E-state index contributed by atoms with van der Waals surface area (Å²) < 4.78 is 0. The summed E-state index contributed by atoms with van der Waals surface area (Å²) in [7, 11) is 1.99. The number of nitrogens with one attached hydrogen (secondary N) is 3. The van der Waals surface area contributed by atoms with Crippen molar-refractivity contribution in [3.05, 3.63) is 24.0 Å². The number of likely N-dealkylation sites (N-methyl/N-ethyl adjacent to an activating group) is 1. The Bertz CT molecular complexity index is 336. The van der Waals surface area contributed by atoms with E-state index in [2.05, 4.69) is 20.5 Å². The number of carbonyl (C=O) groups is 1. The maximum atomic E-state index is 11.9. The highest BCUT2D eigenvalue weighted by molar-refractivity contribution is 5.82. The van der Waals surface area contributed by atoms with Gasteiger partial charge in [-0.15, -0.1) is 0 Å². The predicted molar refractivity (Wildman–Crippen MR) is 61.9 cm³/mol. The lowest BCUT2D eigenvalue weighted by molar-refractivity contribution is -0.126. The molecule has 0 saturated carbocycles. The van der Waals surface area contributed by atoms with Crippen molar-refractivity contribution in [2.24, 2.45) is 0 Å². The molecule has 3 N–H and O–H groups in total. The molecule has 16 heavy (non-hydrogen) atoms. The van der Waals surface area contributed by atoms with Gasteiger partial charge in [0.15, 0.2) is 0 Å². The summed E-state index contributed by atoms with van der Waals surface area (Å²) in [6.45, 7) is 3.20. The molecule has 0 spiro atoms. The normalized spacial score (nSPS) is 21.9. The molecule has 0 aromatic carbocycles. The molecule has 5 heteroatoms. The standard InChI is InChI=1S/C11H18N4O/c1-15-5-4-13-8-10(15)11(16)14-7-9-2-3-12-6-9/h2-3,6,10,12-13H,4-5,7-8H2,1H3,(H,14,16). The first kappa shape index (κ1) is 11.2. The Morgan fingerprint density at radius 2 is 2.56 bits per heavy atom. The Morgan fingerprint density at radius 1 is 1.69 bits per heavy atom. The molecule has 1 unspecified atom stereocenters. The van der Waals surface area contributed by atoms with Crippen LogP contribution < -0.4 is 10.6 Å². The van der Waals surface area contributed by atoms with Crippen molar-refractivity contribution in [2.75, 3.05) is 26.7 Å². The minimum atomic E-state index is -0.0484. The second kappa shape index (κ2) is 5.14. The fraction of sp³-hybridized carbons (Fsp3) is 0.545. The van der Waals surface area contributed by atoms with Crippen LogP contribution in [0.2, 0.25) is 0 Å². The van der Waals surface area contributed by atoms with Crippen molar-refractivity contribution < 1.29 is 4.79 Å². The lowest BCUT2D eigenvalue weighted by atomic mass is 10.2. The zero-order valence-corrected chi connectivity index (χ0v) is 9.49. The van der Waals surface area contributed by atoms with Crippen LogP contribution in [0.4, 0.5) is 0 Å². The lowest BCUT2D eigenvalue weighted by Gasteiger charge is -2.31. The molecule has 1 aliphatic rings. The molecule has 1 saturated heterocycles. The Morgan fingerprint density at radius 3 is 3.25 bits per heavy atom. The van der Waals surface area contributed by atoms with Crippen LogP contribution in [0.25, 0.3) is 0 Å². The van der Waals surface area contributed by atoms with Gasteiger partial charge in [0.2, 0.25) is 5.91 Å². The van der Waals surface area contributed by atoms with Gasteiger partial charge in [-0.3, -0.25) is 9.69 Å². The maximum absolute atomic E-state index is 11.9. The van der Waals surface area contributed by atoms with Crippen LogP contribution in [0.5, 0.6) is 0 Å². The van der Waals surface area contributed by atoms with Gasteiger partial charge in [0.1, 0.15) is 6.04 Å². The molecular weight excluding hydrogens is 204 g/mol. The van der Waals surface area contributed by atoms with Crippen LogP contribution in [0, 0.1) is 0 Å². The average molecular weight is 222 g/mol. The molecule has 0 radical (unpaired) electrons. The summed E-state index contributed by atoms with van der Waals surface area (Å²) in [5.41, 5.74) is 1.10. The second-order valence-electron chi connectivity index (χ2n) is 4.14. The third-order valence-corrected chi connectivity index (χ3v) is 2.94. The SMILES string of the molecule is CN1CCNCC1C(=O)NCc1cc[nH]c1. The minimum Gasteiger partial charge on any atom is -0.367 e. The third kappa shape index (κ3) is 2.62. The van der Waals surface area contributed by atoms with Crippen molar-refractivity contribution in [2.45, 2.75) is 12.6 Å². The van der Waals surface area contributed by atoms with Crippen molar-refractivity contribution in [3.8, 4) is 0 Å². The van der Waals surface area contributed by atoms with Crippen molar-refractivity contribution in [1.82, 2.24) is 20.5 Å². The first-order chi connectivity index (χ1) is 7.77. The quantitative estimate of drug-likeness (QED) is 0.648. The van der Waals surface area contributed by atoms with E-state index >= 15 is 0 Å². The predicted octanol–water partition coefficient (Wildman–Crippen LogP) is -0.465. The molecule has 1 atom stereocenters. The van der Waals surface area contributed by atoms with Gasteiger partial charge in [-0.2, -0.15) is 0 Å². The molecule has 2 rings (SSSR count). The number of piperazine rings is 1. The van der Waals surface area contributed by atoms with Gasteiger partial charge in [-0.05, 0) is 18.7 Å². The number of carbonyl (C=O) groups excluding carboxylic acids is 1. The summed E-state index contributed by atoms with van der Waals surface area (Å²) >= 11 is 0. The number of aromatic nitrogens is 1. The highest BCUT2D eigenvalue weighted by Gasteiger charge is 2.25. The van der Waals surface area contributed by atoms with E-state index in [1.165, 1.54) is 0 Å². The maximum Gasteiger partial charge on any atom is 0.238 e. The van der Waals surface area contributed by atoms with Gasteiger partial charge < -0.3 is 15.6 Å². The molecule has 1 amide bonds. The van der Waals surface area contributed by atoms with Crippen molar-refractivity contribution >= 4 is 5.91 Å². The first-order valence-corrected chi connectivity index (χ1v) is 5.57. The smallest absolute Gasteiger partial charge is 0.238 e. The fourth-order valence-electron chi connectivity index (χ4n) is 1.87. The van der Waals surface area contributed by atoms with E-state index in [0.717, 1.165) is 25.2 Å². The average Bonchev–Trinajstić information content (AvgIpc) is 2.79. The Hall–Kier alpha value is -1.33. The van der Waals surface area contributed by atoms with E-state index in [1.807, 2.05) is 25.5 Å². The van der Waals surface area contributed by atoms with Gasteiger partial charge in [-0.1, -0.05) is 0 Å². The summed E-state index contributed by atoms with van der Waals surface area (Å²) in [5.74, 6) is 0.0934. The summed E-state index contributed by atoms with van der Waals surface area (Å²) in [6.07, 6.45) is 3.75. The zero-order valence-electron chi connectivity index (χ0n) is 9.49. The van der Waals surface area contributed by atoms with Crippen LogP contribution in [-0.2, 0) is 11.3 Å². The zero-order chi connectivity index (χ0) is 11.4. The van der Waals surface area contributed by atoms with Gasteiger partial charge >= 0.3 is 0 Å². The highest BCUT2D eigenvalue weighted by atomic mass is 16.2. The molecule has 5 nitrogen and oxygen atoms in total. The summed E-state index contributed by atoms with van der Waals surface area (Å²) in [5, 5.41) is 6.18. The first-order valence-electron chi connectivity index (χ1n) is 5.57. The molecule has 1 aromatic heterocycles. The number of hydrogen-bond donors (Lipinski definition) is 3. The van der Waals surface area contributed by atoms with Crippen LogP contribution >= 0.6 is 0 Å². The third-order valence-electron chi connectivity index (χ3n) is 2.94. The topological polar surface area (TPSA) is 60.2 Å². The molecule has 0 aliphatic carbocycles. The highest BCUT2D eigenvalue weighted by Crippen LogP contribution is 2.01. The summed E-state index contributed by atoms with van der Waals surface area (Å²) in [6, 6.07) is 1.91. The molecule has 1 aromatic rings. The van der Waals surface area contributed by atoms with E-state index in [1.54, 1.807) is 0 Å². The van der Waals surface area contributed by atoms with Crippen molar-refractivity contribution in [3.63, 3.8) is 0 Å². The number of aromatic amines is 1. The molecule has 88 valence electrons. The van der Waals surface area contributed by atoms with Crippen LogP contribution in [-0.4, -0.2) is 48.5 Å². The molecule has 0 bridgehead atoms. The number of H-pyrrole nitrogens is 1. The minimum absolute atomic E-state index is 0.0484. The van der Waals surface area contributed by atoms with Gasteiger partial charge in [-0.25, -0.2) is 0 Å². The fourth-order valence-corrected chi connectivity index (χ4v) is 1.87. The van der Waals surface area contributed by atoms with E-state index in [4.69, 9.17) is 0 Å². The molecule has 2 heterocycles. The molecule has 1 aliphatic heterocycles. The number of amides is 1. The Labute approximate surface area is 95.2 Å². The monoisotopic (exact) mass is 222 g/mol. The largest absolute Gasteiger partial charge is 0.367 e. The lowest BCUT2D eigenvalue weighted by Crippen LogP contribution is -2.56. The van der Waals surface area contributed by atoms with Crippen LogP contribution in [0.1, 0.15) is 5.56 Å². The van der Waals surface area contributed by atoms with E-state index < -0.39 is 0 Å². The second-order valence-corrected chi connectivity index (χ2v) is 4.14. The number of hydrogen-bond acceptors (Lipinski definition) is 3. The Kier molecular flexibility index (Phi) is 3.58. The van der Waals surface area contributed by atoms with Gasteiger partial charge in [0.05, 0.1) is 0 Å². The van der Waals surface area contributed by atoms with Crippen LogP contribution in [0.3, 0.4) is 0 Å².